The minimum absolute atomic E-state index is 0.0811. The van der Waals surface area contributed by atoms with Crippen molar-refractivity contribution in [3.05, 3.63) is 84.6 Å². The van der Waals surface area contributed by atoms with Gasteiger partial charge in [-0.15, -0.1) is 13.2 Å². The van der Waals surface area contributed by atoms with Crippen LogP contribution in [0, 0.1) is 6.92 Å². The van der Waals surface area contributed by atoms with Crippen molar-refractivity contribution in [3.63, 3.8) is 0 Å². The fourth-order valence-electron chi connectivity index (χ4n) is 3.42. The van der Waals surface area contributed by atoms with Crippen LogP contribution in [0.2, 0.25) is 0 Å². The summed E-state index contributed by atoms with van der Waals surface area (Å²) in [4.78, 5) is 21.6. The number of halogens is 3. The van der Waals surface area contributed by atoms with Crippen molar-refractivity contribution in [3.8, 4) is 22.8 Å². The molecule has 5 aromatic rings. The predicted octanol–water partition coefficient (Wildman–Crippen LogP) is 4.44. The Bertz CT molecular complexity index is 1520. The van der Waals surface area contributed by atoms with Gasteiger partial charge in [0.15, 0.2) is 17.2 Å². The molecule has 1 N–H and O–H groups in total. The molecule has 4 heterocycles. The highest BCUT2D eigenvalue weighted by Crippen LogP contribution is 2.26. The number of aromatic nitrogens is 6. The lowest BCUT2D eigenvalue weighted by Crippen LogP contribution is -2.17. The molecule has 5 rings (SSSR count). The van der Waals surface area contributed by atoms with Gasteiger partial charge in [0.1, 0.15) is 12.1 Å². The third kappa shape index (κ3) is 4.81. The number of rotatable bonds is 5. The predicted molar refractivity (Wildman–Crippen MR) is 119 cm³/mol. The molecule has 0 radical (unpaired) electrons. The Morgan fingerprint density at radius 2 is 1.86 bits per heavy atom. The number of aryl methyl sites for hydroxylation is 1. The van der Waals surface area contributed by atoms with Crippen LogP contribution in [0.5, 0.6) is 5.75 Å². The molecule has 0 saturated heterocycles. The van der Waals surface area contributed by atoms with Crippen molar-refractivity contribution in [2.24, 2.45) is 0 Å². The van der Waals surface area contributed by atoms with Crippen LogP contribution in [0.4, 0.5) is 18.9 Å². The molecule has 1 aromatic carbocycles. The third-order valence-electron chi connectivity index (χ3n) is 4.95. The average Bonchev–Trinajstić information content (AvgIpc) is 3.46. The Morgan fingerprint density at radius 1 is 1.06 bits per heavy atom. The van der Waals surface area contributed by atoms with Gasteiger partial charge in [-0.25, -0.2) is 19.2 Å². The smallest absolute Gasteiger partial charge is 0.406 e. The van der Waals surface area contributed by atoms with Crippen molar-refractivity contribution in [2.45, 2.75) is 13.3 Å². The Hall–Kier alpha value is -4.74. The summed E-state index contributed by atoms with van der Waals surface area (Å²) in [6, 6.07) is 15.5. The van der Waals surface area contributed by atoms with Gasteiger partial charge in [0, 0.05) is 23.1 Å². The molecule has 0 aliphatic rings. The standard InChI is InChI=1S/C23H16F3N7O2/c1-14-3-2-4-21(29-14)33-19(15-5-10-20-27-13-28-32(20)12-15)11-18(31-33)22(34)30-16-6-8-17(9-7-16)35-23(24,25)26/h2-13H,1H3,(H,30,34). The lowest BCUT2D eigenvalue weighted by atomic mass is 10.2. The Balaban J connectivity index is 1.48. The van der Waals surface area contributed by atoms with E-state index in [4.69, 9.17) is 0 Å². The van der Waals surface area contributed by atoms with E-state index in [0.717, 1.165) is 17.8 Å². The minimum atomic E-state index is -4.80. The first kappa shape index (κ1) is 22.1. The fourth-order valence-corrected chi connectivity index (χ4v) is 3.42. The maximum Gasteiger partial charge on any atom is 0.573 e. The van der Waals surface area contributed by atoms with Crippen LogP contribution in [0.3, 0.4) is 0 Å². The minimum Gasteiger partial charge on any atom is -0.406 e. The highest BCUT2D eigenvalue weighted by atomic mass is 19.4. The van der Waals surface area contributed by atoms with E-state index in [-0.39, 0.29) is 11.4 Å². The number of ether oxygens (including phenoxy) is 1. The van der Waals surface area contributed by atoms with Crippen LogP contribution in [-0.4, -0.2) is 41.6 Å². The molecule has 0 aliphatic heterocycles. The Morgan fingerprint density at radius 3 is 2.60 bits per heavy atom. The van der Waals surface area contributed by atoms with Crippen LogP contribution in [0.25, 0.3) is 22.7 Å². The number of hydrogen-bond donors (Lipinski definition) is 1. The summed E-state index contributed by atoms with van der Waals surface area (Å²) < 4.78 is 44.1. The van der Waals surface area contributed by atoms with Crippen molar-refractivity contribution in [1.29, 1.82) is 0 Å². The van der Waals surface area contributed by atoms with Gasteiger partial charge in [0.25, 0.3) is 5.91 Å². The Kier molecular flexibility index (Phi) is 5.40. The molecule has 0 unspecified atom stereocenters. The first-order valence-corrected chi connectivity index (χ1v) is 10.3. The van der Waals surface area contributed by atoms with Crippen LogP contribution in [0.1, 0.15) is 16.2 Å². The molecule has 0 spiro atoms. The van der Waals surface area contributed by atoms with E-state index in [1.54, 1.807) is 33.6 Å². The summed E-state index contributed by atoms with van der Waals surface area (Å²) >= 11 is 0. The summed E-state index contributed by atoms with van der Waals surface area (Å²) in [5.74, 6) is -0.438. The van der Waals surface area contributed by atoms with Gasteiger partial charge in [-0.05, 0) is 61.5 Å². The first-order valence-electron chi connectivity index (χ1n) is 10.3. The zero-order chi connectivity index (χ0) is 24.6. The average molecular weight is 479 g/mol. The fraction of sp³-hybridized carbons (Fsp3) is 0.0870. The quantitative estimate of drug-likeness (QED) is 0.400. The number of pyridine rings is 2. The number of alkyl halides is 3. The molecule has 9 nitrogen and oxygen atoms in total. The van der Waals surface area contributed by atoms with Crippen LogP contribution in [-0.2, 0) is 0 Å². The SMILES string of the molecule is Cc1cccc(-n2nc(C(=O)Nc3ccc(OC(F)(F)F)cc3)cc2-c2ccc3ncnn3c2)n1. The van der Waals surface area contributed by atoms with E-state index in [1.165, 1.54) is 18.5 Å². The largest absolute Gasteiger partial charge is 0.573 e. The second-order valence-corrected chi connectivity index (χ2v) is 7.47. The molecule has 176 valence electrons. The number of nitrogens with zero attached hydrogens (tertiary/aromatic N) is 6. The molecule has 4 aromatic heterocycles. The molecule has 0 saturated carbocycles. The zero-order valence-corrected chi connectivity index (χ0v) is 18.1. The molecular weight excluding hydrogens is 463 g/mol. The van der Waals surface area contributed by atoms with E-state index in [2.05, 4.69) is 30.2 Å². The molecule has 35 heavy (non-hydrogen) atoms. The van der Waals surface area contributed by atoms with Gasteiger partial charge in [-0.2, -0.15) is 10.2 Å². The van der Waals surface area contributed by atoms with Gasteiger partial charge in [-0.1, -0.05) is 6.07 Å². The lowest BCUT2D eigenvalue weighted by molar-refractivity contribution is -0.274. The van der Waals surface area contributed by atoms with Crippen molar-refractivity contribution in [1.82, 2.24) is 29.4 Å². The molecule has 0 bridgehead atoms. The number of benzene rings is 1. The molecule has 0 atom stereocenters. The lowest BCUT2D eigenvalue weighted by Gasteiger charge is -2.09. The van der Waals surface area contributed by atoms with E-state index < -0.39 is 18.0 Å². The molecular formula is C23H16F3N7O2. The number of nitrogens with one attached hydrogen (secondary N) is 1. The van der Waals surface area contributed by atoms with E-state index in [0.29, 0.717) is 22.7 Å². The summed E-state index contributed by atoms with van der Waals surface area (Å²) in [6.07, 6.45) is -1.61. The second-order valence-electron chi connectivity index (χ2n) is 7.47. The first-order chi connectivity index (χ1) is 16.7. The molecule has 12 heteroatoms. The van der Waals surface area contributed by atoms with Gasteiger partial charge < -0.3 is 10.1 Å². The summed E-state index contributed by atoms with van der Waals surface area (Å²) in [5, 5.41) is 11.2. The van der Waals surface area contributed by atoms with Crippen molar-refractivity contribution >= 4 is 17.2 Å². The van der Waals surface area contributed by atoms with Crippen LogP contribution in [0.15, 0.2) is 73.2 Å². The number of amides is 1. The summed E-state index contributed by atoms with van der Waals surface area (Å²) in [5.41, 5.74) is 3.08. The van der Waals surface area contributed by atoms with E-state index in [9.17, 15) is 18.0 Å². The molecule has 0 fully saturated rings. The van der Waals surface area contributed by atoms with E-state index in [1.807, 2.05) is 25.1 Å². The number of hydrogen-bond acceptors (Lipinski definition) is 6. The normalized spacial score (nSPS) is 11.5. The maximum absolute atomic E-state index is 12.9. The third-order valence-corrected chi connectivity index (χ3v) is 4.95. The number of carbonyl (C=O) groups is 1. The monoisotopic (exact) mass is 479 g/mol. The van der Waals surface area contributed by atoms with Crippen LogP contribution < -0.4 is 10.1 Å². The highest BCUT2D eigenvalue weighted by molar-refractivity contribution is 6.03. The molecule has 1 amide bonds. The van der Waals surface area contributed by atoms with Crippen molar-refractivity contribution in [2.75, 3.05) is 5.32 Å². The number of anilines is 1. The second kappa shape index (κ2) is 8.56. The Labute approximate surface area is 195 Å². The van der Waals surface area contributed by atoms with Crippen molar-refractivity contribution < 1.29 is 22.7 Å². The van der Waals surface area contributed by atoms with Gasteiger partial charge in [0.05, 0.1) is 5.69 Å². The van der Waals surface area contributed by atoms with Gasteiger partial charge >= 0.3 is 6.36 Å². The zero-order valence-electron chi connectivity index (χ0n) is 18.1. The van der Waals surface area contributed by atoms with Crippen LogP contribution >= 0.6 is 0 Å². The number of carbonyl (C=O) groups excluding carboxylic acids is 1. The summed E-state index contributed by atoms with van der Waals surface area (Å²) in [7, 11) is 0. The summed E-state index contributed by atoms with van der Waals surface area (Å²) in [6.45, 7) is 1.84. The molecule has 0 aliphatic carbocycles. The van der Waals surface area contributed by atoms with E-state index >= 15 is 0 Å². The maximum atomic E-state index is 12.9. The van der Waals surface area contributed by atoms with Gasteiger partial charge in [-0.3, -0.25) is 4.79 Å². The number of fused-ring (bicyclic) bond motifs is 1. The van der Waals surface area contributed by atoms with Gasteiger partial charge in [0.2, 0.25) is 0 Å². The topological polar surface area (TPSA) is 99.2 Å². The highest BCUT2D eigenvalue weighted by Gasteiger charge is 2.31.